The Morgan fingerprint density at radius 2 is 1.51 bits per heavy atom. The first-order valence-electron chi connectivity index (χ1n) is 11.8. The van der Waals surface area contributed by atoms with Crippen molar-refractivity contribution in [1.29, 1.82) is 0 Å². The third kappa shape index (κ3) is 5.92. The van der Waals surface area contributed by atoms with Crippen LogP contribution in [0, 0.1) is 0 Å². The maximum absolute atomic E-state index is 10.7. The molecule has 1 aromatic heterocycles. The van der Waals surface area contributed by atoms with Gasteiger partial charge in [-0.05, 0) is 53.3 Å². The normalized spacial score (nSPS) is 14.7. The first-order chi connectivity index (χ1) is 17.1. The van der Waals surface area contributed by atoms with Gasteiger partial charge in [-0.15, -0.1) is 0 Å². The quantitative estimate of drug-likeness (QED) is 0.505. The summed E-state index contributed by atoms with van der Waals surface area (Å²) < 4.78 is 15.9. The third-order valence-corrected chi connectivity index (χ3v) is 6.59. The smallest absolute Gasteiger partial charge is 0.210 e. The standard InChI is InChI=1S/C16H18N2O.C12H15NO3/c1-19-16-10-17-8-6-15(16)12-18-9-7-13-4-2-3-5-14(13)11-18;1-15-11-5-9-3-4-13(8-14)7-10(9)6-12(11)16-2/h2-6,8,10H,7,9,11-12H2,1H3;5-6,8H,3-4,7H2,1-2H3. The van der Waals surface area contributed by atoms with Crippen molar-refractivity contribution in [3.8, 4) is 17.2 Å². The van der Waals surface area contributed by atoms with E-state index in [-0.39, 0.29) is 0 Å². The fourth-order valence-corrected chi connectivity index (χ4v) is 4.65. The molecule has 0 fully saturated rings. The first-order valence-corrected chi connectivity index (χ1v) is 11.8. The lowest BCUT2D eigenvalue weighted by molar-refractivity contribution is -0.118. The first kappa shape index (κ1) is 24.5. The third-order valence-electron chi connectivity index (χ3n) is 6.59. The minimum Gasteiger partial charge on any atom is -0.495 e. The number of rotatable bonds is 6. The van der Waals surface area contributed by atoms with Crippen molar-refractivity contribution in [2.75, 3.05) is 34.4 Å². The fraction of sp³-hybridized carbons (Fsp3) is 0.357. The topological polar surface area (TPSA) is 64.1 Å². The number of methoxy groups -OCH3 is 3. The van der Waals surface area contributed by atoms with Gasteiger partial charge in [0, 0.05) is 44.5 Å². The summed E-state index contributed by atoms with van der Waals surface area (Å²) >= 11 is 0. The van der Waals surface area contributed by atoms with E-state index >= 15 is 0 Å². The number of hydrogen-bond acceptors (Lipinski definition) is 6. The Morgan fingerprint density at radius 1 is 0.829 bits per heavy atom. The molecule has 0 saturated carbocycles. The molecule has 5 rings (SSSR count). The van der Waals surface area contributed by atoms with Gasteiger partial charge >= 0.3 is 0 Å². The Labute approximate surface area is 207 Å². The van der Waals surface area contributed by atoms with E-state index < -0.39 is 0 Å². The molecular weight excluding hydrogens is 442 g/mol. The van der Waals surface area contributed by atoms with Crippen molar-refractivity contribution in [3.05, 3.63) is 82.7 Å². The number of carbonyl (C=O) groups is 1. The summed E-state index contributed by atoms with van der Waals surface area (Å²) in [6.45, 7) is 4.45. The molecule has 0 atom stereocenters. The predicted octanol–water partition coefficient (Wildman–Crippen LogP) is 3.87. The largest absolute Gasteiger partial charge is 0.495 e. The van der Waals surface area contributed by atoms with E-state index in [0.29, 0.717) is 12.3 Å². The molecule has 0 aliphatic carbocycles. The van der Waals surface area contributed by atoms with E-state index in [1.807, 2.05) is 24.4 Å². The van der Waals surface area contributed by atoms with E-state index in [4.69, 9.17) is 14.2 Å². The Bertz CT molecular complexity index is 1150. The second-order valence-electron chi connectivity index (χ2n) is 8.72. The monoisotopic (exact) mass is 475 g/mol. The highest BCUT2D eigenvalue weighted by atomic mass is 16.5. The van der Waals surface area contributed by atoms with Crippen molar-refractivity contribution in [1.82, 2.24) is 14.8 Å². The van der Waals surface area contributed by atoms with Crippen LogP contribution in [0.25, 0.3) is 0 Å². The molecule has 1 amide bonds. The molecule has 2 aliphatic heterocycles. The number of carbonyl (C=O) groups excluding carboxylic acids is 1. The molecule has 0 radical (unpaired) electrons. The molecule has 3 aromatic rings. The van der Waals surface area contributed by atoms with Gasteiger partial charge in [0.1, 0.15) is 5.75 Å². The Hall–Kier alpha value is -3.58. The van der Waals surface area contributed by atoms with Crippen LogP contribution in [-0.4, -0.2) is 55.6 Å². The summed E-state index contributed by atoms with van der Waals surface area (Å²) in [5.74, 6) is 2.34. The van der Waals surface area contributed by atoms with Crippen LogP contribution in [0.1, 0.15) is 27.8 Å². The number of pyridine rings is 1. The van der Waals surface area contributed by atoms with Crippen molar-refractivity contribution < 1.29 is 19.0 Å². The molecule has 35 heavy (non-hydrogen) atoms. The second-order valence-corrected chi connectivity index (χ2v) is 8.72. The maximum atomic E-state index is 10.7. The van der Waals surface area contributed by atoms with E-state index in [1.165, 1.54) is 22.3 Å². The highest BCUT2D eigenvalue weighted by Crippen LogP contribution is 2.33. The zero-order chi connectivity index (χ0) is 24.6. The van der Waals surface area contributed by atoms with Gasteiger partial charge in [-0.2, -0.15) is 0 Å². The van der Waals surface area contributed by atoms with E-state index in [2.05, 4.69) is 34.1 Å². The summed E-state index contributed by atoms with van der Waals surface area (Å²) in [5, 5.41) is 0. The number of fused-ring (bicyclic) bond motifs is 2. The number of benzene rings is 2. The van der Waals surface area contributed by atoms with Crippen LogP contribution in [0.15, 0.2) is 54.9 Å². The summed E-state index contributed by atoms with van der Waals surface area (Å²) in [5.41, 5.74) is 6.51. The van der Waals surface area contributed by atoms with Gasteiger partial charge in [0.05, 0.1) is 27.5 Å². The van der Waals surface area contributed by atoms with Crippen molar-refractivity contribution in [2.45, 2.75) is 32.5 Å². The van der Waals surface area contributed by atoms with Crippen LogP contribution in [0.4, 0.5) is 0 Å². The summed E-state index contributed by atoms with van der Waals surface area (Å²) in [7, 11) is 4.95. The summed E-state index contributed by atoms with van der Waals surface area (Å²) in [4.78, 5) is 19.0. The maximum Gasteiger partial charge on any atom is 0.210 e. The highest BCUT2D eigenvalue weighted by Gasteiger charge is 2.18. The van der Waals surface area contributed by atoms with Crippen LogP contribution in [0.3, 0.4) is 0 Å². The highest BCUT2D eigenvalue weighted by molar-refractivity contribution is 5.53. The molecule has 7 nitrogen and oxygen atoms in total. The average Bonchev–Trinajstić information content (AvgIpc) is 2.92. The van der Waals surface area contributed by atoms with E-state index in [9.17, 15) is 4.79 Å². The number of nitrogens with zero attached hydrogens (tertiary/aromatic N) is 3. The molecule has 184 valence electrons. The van der Waals surface area contributed by atoms with Crippen LogP contribution < -0.4 is 14.2 Å². The van der Waals surface area contributed by atoms with Crippen molar-refractivity contribution in [2.24, 2.45) is 0 Å². The number of amides is 1. The predicted molar refractivity (Wildman–Crippen MR) is 135 cm³/mol. The van der Waals surface area contributed by atoms with Gasteiger partial charge in [0.25, 0.3) is 0 Å². The van der Waals surface area contributed by atoms with Crippen LogP contribution in [0.2, 0.25) is 0 Å². The zero-order valence-electron chi connectivity index (χ0n) is 20.7. The van der Waals surface area contributed by atoms with Gasteiger partial charge in [-0.25, -0.2) is 0 Å². The Balaban J connectivity index is 0.000000168. The Kier molecular flexibility index (Phi) is 8.21. The minimum atomic E-state index is 0.652. The SMILES string of the molecule is COc1cc2c(cc1OC)CN(C=O)CC2.COc1cnccc1CN1CCc2ccccc2C1. The van der Waals surface area contributed by atoms with Gasteiger partial charge < -0.3 is 19.1 Å². The number of aromatic nitrogens is 1. The molecular formula is C28H33N3O4. The number of ether oxygens (including phenoxy) is 3. The Morgan fingerprint density at radius 3 is 2.23 bits per heavy atom. The van der Waals surface area contributed by atoms with E-state index in [0.717, 1.165) is 62.5 Å². The molecule has 0 saturated heterocycles. The lowest BCUT2D eigenvalue weighted by Crippen LogP contribution is -2.30. The van der Waals surface area contributed by atoms with Crippen LogP contribution in [-0.2, 0) is 37.3 Å². The van der Waals surface area contributed by atoms with Gasteiger partial charge in [0.2, 0.25) is 6.41 Å². The molecule has 7 heteroatoms. The average molecular weight is 476 g/mol. The lowest BCUT2D eigenvalue weighted by Gasteiger charge is -2.29. The van der Waals surface area contributed by atoms with Crippen molar-refractivity contribution in [3.63, 3.8) is 0 Å². The minimum absolute atomic E-state index is 0.652. The molecule has 2 aliphatic rings. The number of hydrogen-bond donors (Lipinski definition) is 0. The molecule has 0 N–H and O–H groups in total. The molecule has 0 spiro atoms. The summed E-state index contributed by atoms with van der Waals surface area (Å²) in [6.07, 6.45) is 6.50. The van der Waals surface area contributed by atoms with Crippen LogP contribution >= 0.6 is 0 Å². The molecule has 2 aromatic carbocycles. The van der Waals surface area contributed by atoms with Crippen molar-refractivity contribution >= 4 is 6.41 Å². The van der Waals surface area contributed by atoms with Gasteiger partial charge in [-0.3, -0.25) is 14.7 Å². The summed E-state index contributed by atoms with van der Waals surface area (Å²) in [6, 6.07) is 14.7. The molecule has 3 heterocycles. The lowest BCUT2D eigenvalue weighted by atomic mass is 9.99. The molecule has 0 bridgehead atoms. The van der Waals surface area contributed by atoms with Gasteiger partial charge in [-0.1, -0.05) is 24.3 Å². The van der Waals surface area contributed by atoms with Crippen LogP contribution in [0.5, 0.6) is 17.2 Å². The molecule has 0 unspecified atom stereocenters. The van der Waals surface area contributed by atoms with Gasteiger partial charge in [0.15, 0.2) is 11.5 Å². The second kappa shape index (κ2) is 11.7. The zero-order valence-corrected chi connectivity index (χ0v) is 20.7. The fourth-order valence-electron chi connectivity index (χ4n) is 4.65. The van der Waals surface area contributed by atoms with E-state index in [1.54, 1.807) is 32.4 Å².